The highest BCUT2D eigenvalue weighted by molar-refractivity contribution is 5.78. The quantitative estimate of drug-likeness (QED) is 0.828. The number of carboxylic acid groups (broad SMARTS) is 1. The number of nitrogens with one attached hydrogen (secondary N) is 1. The number of hydrogen-bond donors (Lipinski definition) is 2. The molecule has 1 saturated carbocycles. The number of rotatable bonds is 6. The maximum atomic E-state index is 12.9. The highest BCUT2D eigenvalue weighted by atomic mass is 19.1. The summed E-state index contributed by atoms with van der Waals surface area (Å²) in [5.74, 6) is -1.34. The van der Waals surface area contributed by atoms with Crippen molar-refractivity contribution in [3.8, 4) is 0 Å². The molecule has 0 radical (unpaired) electrons. The minimum Gasteiger partial charge on any atom is -0.481 e. The molecular formula is C14H16FNO3. The highest BCUT2D eigenvalue weighted by Crippen LogP contribution is 2.45. The summed E-state index contributed by atoms with van der Waals surface area (Å²) in [5, 5.41) is 11.4. The first-order valence-electron chi connectivity index (χ1n) is 6.31. The van der Waals surface area contributed by atoms with Crippen LogP contribution in [0.15, 0.2) is 24.3 Å². The molecule has 2 N–H and O–H groups in total. The van der Waals surface area contributed by atoms with E-state index in [-0.39, 0.29) is 30.1 Å². The summed E-state index contributed by atoms with van der Waals surface area (Å²) in [4.78, 5) is 22.1. The largest absolute Gasteiger partial charge is 0.481 e. The van der Waals surface area contributed by atoms with Crippen molar-refractivity contribution >= 4 is 11.9 Å². The second kappa shape index (κ2) is 5.38. The molecule has 19 heavy (non-hydrogen) atoms. The smallest absolute Gasteiger partial charge is 0.303 e. The summed E-state index contributed by atoms with van der Waals surface area (Å²) in [6.45, 7) is 0. The molecule has 1 aliphatic rings. The molecule has 4 nitrogen and oxygen atoms in total. The lowest BCUT2D eigenvalue weighted by Gasteiger charge is -2.18. The lowest BCUT2D eigenvalue weighted by molar-refractivity contribution is -0.137. The SMILES string of the molecule is O=C(O)CCCC(=O)NC1(c2ccc(F)cc2)CC1. The zero-order valence-corrected chi connectivity index (χ0v) is 10.5. The van der Waals surface area contributed by atoms with Crippen LogP contribution in [0.5, 0.6) is 0 Å². The van der Waals surface area contributed by atoms with Gasteiger partial charge >= 0.3 is 5.97 Å². The van der Waals surface area contributed by atoms with Crippen LogP contribution in [0.25, 0.3) is 0 Å². The highest BCUT2D eigenvalue weighted by Gasteiger charge is 2.45. The molecule has 0 spiro atoms. The fourth-order valence-electron chi connectivity index (χ4n) is 2.11. The summed E-state index contributed by atoms with van der Waals surface area (Å²) < 4.78 is 12.9. The normalized spacial score (nSPS) is 15.8. The predicted molar refractivity (Wildman–Crippen MR) is 66.9 cm³/mol. The van der Waals surface area contributed by atoms with Crippen LogP contribution in [0.3, 0.4) is 0 Å². The molecule has 0 unspecified atom stereocenters. The maximum Gasteiger partial charge on any atom is 0.303 e. The summed E-state index contributed by atoms with van der Waals surface area (Å²) in [6, 6.07) is 6.12. The summed E-state index contributed by atoms with van der Waals surface area (Å²) >= 11 is 0. The molecule has 0 heterocycles. The number of carbonyl (C=O) groups excluding carboxylic acids is 1. The molecule has 102 valence electrons. The third kappa shape index (κ3) is 3.53. The van der Waals surface area contributed by atoms with Crippen molar-refractivity contribution in [1.29, 1.82) is 0 Å². The van der Waals surface area contributed by atoms with E-state index >= 15 is 0 Å². The van der Waals surface area contributed by atoms with Crippen molar-refractivity contribution < 1.29 is 19.1 Å². The van der Waals surface area contributed by atoms with E-state index in [4.69, 9.17) is 5.11 Å². The number of hydrogen-bond acceptors (Lipinski definition) is 2. The standard InChI is InChI=1S/C14H16FNO3/c15-11-6-4-10(5-7-11)14(8-9-14)16-12(17)2-1-3-13(18)19/h4-7H,1-3,8-9H2,(H,16,17)(H,18,19). The summed E-state index contributed by atoms with van der Waals surface area (Å²) in [7, 11) is 0. The molecule has 1 aliphatic carbocycles. The van der Waals surface area contributed by atoms with Crippen molar-refractivity contribution in [1.82, 2.24) is 5.32 Å². The number of halogens is 1. The van der Waals surface area contributed by atoms with Crippen molar-refractivity contribution in [3.05, 3.63) is 35.6 Å². The lowest BCUT2D eigenvalue weighted by Crippen LogP contribution is -2.34. The van der Waals surface area contributed by atoms with Crippen molar-refractivity contribution in [2.45, 2.75) is 37.6 Å². The fourth-order valence-corrected chi connectivity index (χ4v) is 2.11. The first kappa shape index (κ1) is 13.5. The van der Waals surface area contributed by atoms with Crippen LogP contribution >= 0.6 is 0 Å². The van der Waals surface area contributed by atoms with Crippen LogP contribution in [-0.4, -0.2) is 17.0 Å². The maximum absolute atomic E-state index is 12.9. The Labute approximate surface area is 110 Å². The van der Waals surface area contributed by atoms with Gasteiger partial charge in [0.25, 0.3) is 0 Å². The second-order valence-corrected chi connectivity index (χ2v) is 4.88. The minimum absolute atomic E-state index is 0.00301. The van der Waals surface area contributed by atoms with Gasteiger partial charge < -0.3 is 10.4 Å². The van der Waals surface area contributed by atoms with Crippen LogP contribution < -0.4 is 5.32 Å². The first-order chi connectivity index (χ1) is 9.02. The molecule has 0 aliphatic heterocycles. The molecule has 1 aromatic carbocycles. The number of carbonyl (C=O) groups is 2. The van der Waals surface area contributed by atoms with E-state index in [0.29, 0.717) is 6.42 Å². The topological polar surface area (TPSA) is 66.4 Å². The second-order valence-electron chi connectivity index (χ2n) is 4.88. The Bertz CT molecular complexity index is 480. The van der Waals surface area contributed by atoms with E-state index in [1.165, 1.54) is 12.1 Å². The average Bonchev–Trinajstić information content (AvgIpc) is 3.10. The Morgan fingerprint density at radius 3 is 2.37 bits per heavy atom. The molecule has 1 aromatic rings. The van der Waals surface area contributed by atoms with Gasteiger partial charge in [0.05, 0.1) is 5.54 Å². The van der Waals surface area contributed by atoms with E-state index in [0.717, 1.165) is 18.4 Å². The average molecular weight is 265 g/mol. The Hall–Kier alpha value is -1.91. The lowest BCUT2D eigenvalue weighted by atomic mass is 10.0. The van der Waals surface area contributed by atoms with Gasteiger partial charge in [0, 0.05) is 12.8 Å². The Morgan fingerprint density at radius 1 is 1.21 bits per heavy atom. The van der Waals surface area contributed by atoms with Gasteiger partial charge in [0.15, 0.2) is 0 Å². The summed E-state index contributed by atoms with van der Waals surface area (Å²) in [6.07, 6.45) is 2.21. The summed E-state index contributed by atoms with van der Waals surface area (Å²) in [5.41, 5.74) is 0.536. The van der Waals surface area contributed by atoms with Crippen molar-refractivity contribution in [3.63, 3.8) is 0 Å². The van der Waals surface area contributed by atoms with E-state index in [2.05, 4.69) is 5.32 Å². The molecule has 0 atom stereocenters. The number of amides is 1. The van der Waals surface area contributed by atoms with E-state index in [9.17, 15) is 14.0 Å². The number of aliphatic carboxylic acids is 1. The predicted octanol–water partition coefficient (Wildman–Crippen LogP) is 2.19. The molecule has 0 saturated heterocycles. The van der Waals surface area contributed by atoms with Gasteiger partial charge in [-0.2, -0.15) is 0 Å². The number of benzene rings is 1. The van der Waals surface area contributed by atoms with Gasteiger partial charge in [-0.05, 0) is 37.0 Å². The third-order valence-electron chi connectivity index (χ3n) is 3.32. The van der Waals surface area contributed by atoms with E-state index in [1.807, 2.05) is 0 Å². The first-order valence-corrected chi connectivity index (χ1v) is 6.31. The minimum atomic E-state index is -0.896. The molecule has 2 rings (SSSR count). The molecule has 5 heteroatoms. The Morgan fingerprint density at radius 2 is 1.84 bits per heavy atom. The molecular weight excluding hydrogens is 249 g/mol. The zero-order valence-electron chi connectivity index (χ0n) is 10.5. The molecule has 0 bridgehead atoms. The van der Waals surface area contributed by atoms with Gasteiger partial charge in [-0.25, -0.2) is 4.39 Å². The van der Waals surface area contributed by atoms with Crippen molar-refractivity contribution in [2.75, 3.05) is 0 Å². The van der Waals surface area contributed by atoms with Crippen molar-refractivity contribution in [2.24, 2.45) is 0 Å². The van der Waals surface area contributed by atoms with Crippen LogP contribution in [0.1, 0.15) is 37.7 Å². The van der Waals surface area contributed by atoms with E-state index < -0.39 is 5.97 Å². The fraction of sp³-hybridized carbons (Fsp3) is 0.429. The molecule has 1 amide bonds. The van der Waals surface area contributed by atoms with Gasteiger partial charge in [0.2, 0.25) is 5.91 Å². The van der Waals surface area contributed by atoms with Gasteiger partial charge in [-0.3, -0.25) is 9.59 Å². The third-order valence-corrected chi connectivity index (χ3v) is 3.32. The monoisotopic (exact) mass is 265 g/mol. The van der Waals surface area contributed by atoms with Crippen LogP contribution in [0.2, 0.25) is 0 Å². The van der Waals surface area contributed by atoms with Gasteiger partial charge in [0.1, 0.15) is 5.82 Å². The number of carboxylic acids is 1. The van der Waals surface area contributed by atoms with E-state index in [1.54, 1.807) is 12.1 Å². The Balaban J connectivity index is 1.89. The molecule has 1 fully saturated rings. The zero-order chi connectivity index (χ0) is 13.9. The van der Waals surface area contributed by atoms with Crippen LogP contribution in [0, 0.1) is 5.82 Å². The van der Waals surface area contributed by atoms with Gasteiger partial charge in [-0.1, -0.05) is 12.1 Å². The Kier molecular flexibility index (Phi) is 3.83. The van der Waals surface area contributed by atoms with Gasteiger partial charge in [-0.15, -0.1) is 0 Å². The van der Waals surface area contributed by atoms with Crippen LogP contribution in [0.4, 0.5) is 4.39 Å². The molecule has 0 aromatic heterocycles. The van der Waals surface area contributed by atoms with Crippen LogP contribution in [-0.2, 0) is 15.1 Å².